The number of amides is 1. The first kappa shape index (κ1) is 17.3. The number of tetrazole rings is 1. The largest absolute Gasteiger partial charge is 0.497 e. The van der Waals surface area contributed by atoms with Gasteiger partial charge in [0.25, 0.3) is 0 Å². The summed E-state index contributed by atoms with van der Waals surface area (Å²) in [5, 5.41) is 14.8. The summed E-state index contributed by atoms with van der Waals surface area (Å²) in [6.07, 6.45) is 0.778. The Morgan fingerprint density at radius 2 is 2.13 bits per heavy atom. The molecule has 0 fully saturated rings. The summed E-state index contributed by atoms with van der Waals surface area (Å²) in [5.41, 5.74) is 1.15. The molecule has 1 atom stereocenters. The van der Waals surface area contributed by atoms with Crippen LogP contribution in [0, 0.1) is 0 Å². The zero-order chi connectivity index (χ0) is 16.7. The molecule has 0 aliphatic heterocycles. The molecule has 1 N–H and O–H groups in total. The van der Waals surface area contributed by atoms with E-state index in [0.29, 0.717) is 18.2 Å². The van der Waals surface area contributed by atoms with E-state index in [2.05, 4.69) is 20.8 Å². The first-order valence-electron chi connectivity index (χ1n) is 7.47. The highest BCUT2D eigenvalue weighted by Gasteiger charge is 2.17. The lowest BCUT2D eigenvalue weighted by atomic mass is 10.1. The molecule has 7 nitrogen and oxygen atoms in total. The molecule has 1 aromatic heterocycles. The van der Waals surface area contributed by atoms with Crippen molar-refractivity contribution in [1.29, 1.82) is 0 Å². The van der Waals surface area contributed by atoms with Gasteiger partial charge in [-0.1, -0.05) is 23.9 Å². The van der Waals surface area contributed by atoms with Gasteiger partial charge in [-0.15, -0.1) is 5.10 Å². The second kappa shape index (κ2) is 8.52. The smallest absolute Gasteiger partial charge is 0.233 e. The maximum absolute atomic E-state index is 12.1. The number of nitrogens with zero attached hydrogens (tertiary/aromatic N) is 4. The van der Waals surface area contributed by atoms with Crippen LogP contribution in [0.15, 0.2) is 29.4 Å². The lowest BCUT2D eigenvalue weighted by Gasteiger charge is -2.11. The number of carbonyl (C=O) groups excluding carboxylic acids is 1. The van der Waals surface area contributed by atoms with Gasteiger partial charge in [0, 0.05) is 13.1 Å². The Balaban J connectivity index is 1.77. The SMILES string of the molecule is CCn1nnnc1SC(C)C(=O)NCCc1ccc(OC)cc1. The number of hydrogen-bond donors (Lipinski definition) is 1. The first-order valence-corrected chi connectivity index (χ1v) is 8.35. The molecule has 1 aromatic carbocycles. The molecule has 0 saturated heterocycles. The van der Waals surface area contributed by atoms with Crippen LogP contribution < -0.4 is 10.1 Å². The zero-order valence-electron chi connectivity index (χ0n) is 13.5. The number of rotatable bonds is 8. The number of hydrogen-bond acceptors (Lipinski definition) is 6. The lowest BCUT2D eigenvalue weighted by molar-refractivity contribution is -0.120. The predicted molar refractivity (Wildman–Crippen MR) is 88.5 cm³/mol. The maximum Gasteiger partial charge on any atom is 0.233 e. The molecule has 0 aliphatic carbocycles. The summed E-state index contributed by atoms with van der Waals surface area (Å²) >= 11 is 1.36. The van der Waals surface area contributed by atoms with Gasteiger partial charge >= 0.3 is 0 Å². The standard InChI is InChI=1S/C15H21N5O2S/c1-4-20-15(17-18-19-20)23-11(2)14(21)16-10-9-12-5-7-13(22-3)8-6-12/h5-8,11H,4,9-10H2,1-3H3,(H,16,21). The average Bonchev–Trinajstić information content (AvgIpc) is 3.02. The van der Waals surface area contributed by atoms with Crippen LogP contribution >= 0.6 is 11.8 Å². The third-order valence-electron chi connectivity index (χ3n) is 3.32. The minimum Gasteiger partial charge on any atom is -0.497 e. The summed E-state index contributed by atoms with van der Waals surface area (Å²) in [5.74, 6) is 0.811. The molecule has 1 heterocycles. The molecule has 8 heteroatoms. The van der Waals surface area contributed by atoms with Crippen molar-refractivity contribution in [1.82, 2.24) is 25.5 Å². The van der Waals surface area contributed by atoms with Crippen LogP contribution in [0.2, 0.25) is 0 Å². The highest BCUT2D eigenvalue weighted by molar-refractivity contribution is 8.00. The molecule has 23 heavy (non-hydrogen) atoms. The first-order chi connectivity index (χ1) is 11.1. The number of methoxy groups -OCH3 is 1. The molecule has 1 amide bonds. The molecular formula is C15H21N5O2S. The summed E-state index contributed by atoms with van der Waals surface area (Å²) in [6, 6.07) is 7.83. The molecule has 1 unspecified atom stereocenters. The van der Waals surface area contributed by atoms with Gasteiger partial charge in [-0.25, -0.2) is 4.68 Å². The molecule has 0 spiro atoms. The highest BCUT2D eigenvalue weighted by atomic mass is 32.2. The van der Waals surface area contributed by atoms with Crippen molar-refractivity contribution < 1.29 is 9.53 Å². The number of aryl methyl sites for hydroxylation is 1. The van der Waals surface area contributed by atoms with Gasteiger partial charge in [0.2, 0.25) is 11.1 Å². The van der Waals surface area contributed by atoms with E-state index in [1.807, 2.05) is 38.1 Å². The van der Waals surface area contributed by atoms with E-state index >= 15 is 0 Å². The van der Waals surface area contributed by atoms with Crippen molar-refractivity contribution >= 4 is 17.7 Å². The molecule has 2 aromatic rings. The van der Waals surface area contributed by atoms with Gasteiger partial charge in [0.05, 0.1) is 12.4 Å². The Bertz CT molecular complexity index is 629. The molecular weight excluding hydrogens is 314 g/mol. The molecule has 0 radical (unpaired) electrons. The summed E-state index contributed by atoms with van der Waals surface area (Å²) in [4.78, 5) is 12.1. The molecule has 124 valence electrons. The summed E-state index contributed by atoms with van der Waals surface area (Å²) in [6.45, 7) is 5.08. The molecule has 0 saturated carbocycles. The number of nitrogens with one attached hydrogen (secondary N) is 1. The van der Waals surface area contributed by atoms with Crippen molar-refractivity contribution in [2.24, 2.45) is 0 Å². The Morgan fingerprint density at radius 1 is 1.39 bits per heavy atom. The van der Waals surface area contributed by atoms with E-state index in [1.54, 1.807) is 11.8 Å². The Kier molecular flexibility index (Phi) is 6.40. The van der Waals surface area contributed by atoms with Gasteiger partial charge in [-0.3, -0.25) is 4.79 Å². The van der Waals surface area contributed by atoms with Crippen molar-refractivity contribution in [2.45, 2.75) is 37.2 Å². The number of benzene rings is 1. The molecule has 0 bridgehead atoms. The van der Waals surface area contributed by atoms with Gasteiger partial charge < -0.3 is 10.1 Å². The topological polar surface area (TPSA) is 81.9 Å². The van der Waals surface area contributed by atoms with Crippen molar-refractivity contribution in [3.05, 3.63) is 29.8 Å². The van der Waals surface area contributed by atoms with Crippen LogP contribution in [-0.2, 0) is 17.8 Å². The quantitative estimate of drug-likeness (QED) is 0.737. The van der Waals surface area contributed by atoms with Crippen molar-refractivity contribution in [3.8, 4) is 5.75 Å². The van der Waals surface area contributed by atoms with Gasteiger partial charge in [0.15, 0.2) is 0 Å². The van der Waals surface area contributed by atoms with Gasteiger partial charge in [-0.2, -0.15) is 0 Å². The minimum atomic E-state index is -0.248. The Labute approximate surface area is 139 Å². The fourth-order valence-corrected chi connectivity index (χ4v) is 2.83. The number of carbonyl (C=O) groups is 1. The van der Waals surface area contributed by atoms with Crippen LogP contribution in [0.4, 0.5) is 0 Å². The van der Waals surface area contributed by atoms with Crippen molar-refractivity contribution in [3.63, 3.8) is 0 Å². The van der Waals surface area contributed by atoms with Crippen LogP contribution in [0.25, 0.3) is 0 Å². The van der Waals surface area contributed by atoms with Crippen LogP contribution in [0.3, 0.4) is 0 Å². The maximum atomic E-state index is 12.1. The number of thioether (sulfide) groups is 1. The highest BCUT2D eigenvalue weighted by Crippen LogP contribution is 2.20. The Hall–Kier alpha value is -2.09. The van der Waals surface area contributed by atoms with Gasteiger partial charge in [-0.05, 0) is 48.4 Å². The minimum absolute atomic E-state index is 0.0193. The van der Waals surface area contributed by atoms with Crippen molar-refractivity contribution in [2.75, 3.05) is 13.7 Å². The third-order valence-corrected chi connectivity index (χ3v) is 4.39. The molecule has 2 rings (SSSR count). The van der Waals surface area contributed by atoms with E-state index in [0.717, 1.165) is 17.7 Å². The monoisotopic (exact) mass is 335 g/mol. The van der Waals surface area contributed by atoms with Crippen LogP contribution in [-0.4, -0.2) is 45.0 Å². The third kappa shape index (κ3) is 4.95. The average molecular weight is 335 g/mol. The predicted octanol–water partition coefficient (Wildman–Crippen LogP) is 1.54. The summed E-state index contributed by atoms with van der Waals surface area (Å²) < 4.78 is 6.79. The lowest BCUT2D eigenvalue weighted by Crippen LogP contribution is -2.32. The Morgan fingerprint density at radius 3 is 2.78 bits per heavy atom. The second-order valence-electron chi connectivity index (χ2n) is 4.93. The number of aromatic nitrogens is 4. The van der Waals surface area contributed by atoms with E-state index in [-0.39, 0.29) is 11.2 Å². The summed E-state index contributed by atoms with van der Waals surface area (Å²) in [7, 11) is 1.64. The molecule has 0 aliphatic rings. The van der Waals surface area contributed by atoms with E-state index in [1.165, 1.54) is 11.8 Å². The van der Waals surface area contributed by atoms with Crippen LogP contribution in [0.1, 0.15) is 19.4 Å². The van der Waals surface area contributed by atoms with E-state index < -0.39 is 0 Å². The van der Waals surface area contributed by atoms with E-state index in [9.17, 15) is 4.79 Å². The van der Waals surface area contributed by atoms with E-state index in [4.69, 9.17) is 4.74 Å². The van der Waals surface area contributed by atoms with Gasteiger partial charge in [0.1, 0.15) is 5.75 Å². The second-order valence-corrected chi connectivity index (χ2v) is 6.23. The number of ether oxygens (including phenoxy) is 1. The normalized spacial score (nSPS) is 12.0. The fourth-order valence-electron chi connectivity index (χ4n) is 1.96. The fraction of sp³-hybridized carbons (Fsp3) is 0.467. The van der Waals surface area contributed by atoms with Crippen LogP contribution in [0.5, 0.6) is 5.75 Å². The zero-order valence-corrected chi connectivity index (χ0v) is 14.3.